The maximum absolute atomic E-state index is 12.6. The molecule has 4 rings (SSSR count). The van der Waals surface area contributed by atoms with Gasteiger partial charge in [-0.15, -0.1) is 0 Å². The molecule has 1 fully saturated rings. The summed E-state index contributed by atoms with van der Waals surface area (Å²) < 4.78 is 28.5. The molecule has 3 N–H and O–H groups in total. The van der Waals surface area contributed by atoms with Crippen molar-refractivity contribution < 1.29 is 18.0 Å². The molecule has 1 aliphatic rings. The van der Waals surface area contributed by atoms with Crippen molar-refractivity contribution in [2.45, 2.75) is 56.5 Å². The van der Waals surface area contributed by atoms with Crippen LogP contribution in [0, 0.1) is 6.92 Å². The van der Waals surface area contributed by atoms with E-state index in [0.717, 1.165) is 32.1 Å². The largest absolute Gasteiger partial charge is 0.335 e. The zero-order valence-electron chi connectivity index (χ0n) is 19.3. The first-order valence-corrected chi connectivity index (χ1v) is 12.9. The van der Waals surface area contributed by atoms with E-state index in [1.54, 1.807) is 31.2 Å². The van der Waals surface area contributed by atoms with Crippen molar-refractivity contribution in [3.05, 3.63) is 64.6 Å². The third-order valence-corrected chi connectivity index (χ3v) is 7.28. The zero-order valence-corrected chi connectivity index (χ0v) is 20.1. The highest BCUT2D eigenvalue weighted by Gasteiger charge is 2.21. The topological polar surface area (TPSA) is 139 Å². The molecule has 0 bridgehead atoms. The molecule has 3 amide bonds. The fraction of sp³-hybridized carbons (Fsp3) is 0.333. The van der Waals surface area contributed by atoms with E-state index in [-0.39, 0.29) is 28.7 Å². The molecule has 184 valence electrons. The second-order valence-corrected chi connectivity index (χ2v) is 10.2. The van der Waals surface area contributed by atoms with Gasteiger partial charge in [-0.05, 0) is 56.2 Å². The molecule has 2 aromatic carbocycles. The van der Waals surface area contributed by atoms with E-state index in [0.29, 0.717) is 16.7 Å². The lowest BCUT2D eigenvalue weighted by Gasteiger charge is -2.22. The second kappa shape index (κ2) is 10.3. The maximum Gasteiger partial charge on any atom is 0.328 e. The van der Waals surface area contributed by atoms with E-state index in [1.807, 2.05) is 4.72 Å². The van der Waals surface area contributed by atoms with E-state index >= 15 is 0 Å². The molecular formula is C24H27N5O5S. The summed E-state index contributed by atoms with van der Waals surface area (Å²) in [5, 5.41) is 5.37. The Morgan fingerprint density at radius 3 is 2.43 bits per heavy atom. The van der Waals surface area contributed by atoms with Gasteiger partial charge in [-0.2, -0.15) is 0 Å². The Balaban J connectivity index is 1.41. The van der Waals surface area contributed by atoms with Gasteiger partial charge in [0.25, 0.3) is 15.6 Å². The van der Waals surface area contributed by atoms with Crippen molar-refractivity contribution in [1.29, 1.82) is 0 Å². The number of rotatable bonds is 6. The van der Waals surface area contributed by atoms with Crippen molar-refractivity contribution in [3.8, 4) is 0 Å². The molecule has 0 atom stereocenters. The van der Waals surface area contributed by atoms with Crippen LogP contribution in [0.2, 0.25) is 0 Å². The van der Waals surface area contributed by atoms with Gasteiger partial charge in [0.1, 0.15) is 12.2 Å². The van der Waals surface area contributed by atoms with Crippen LogP contribution in [0.15, 0.2) is 58.2 Å². The Hall–Kier alpha value is -3.73. The SMILES string of the molecule is Cc1nc2ccccc2n(CC(=O)Nc2ccc(S(=O)(=O)NC(=O)NC3CCCCC3)cc2)c1=O. The van der Waals surface area contributed by atoms with Gasteiger partial charge in [-0.25, -0.2) is 22.9 Å². The molecule has 35 heavy (non-hydrogen) atoms. The van der Waals surface area contributed by atoms with Crippen LogP contribution in [0.1, 0.15) is 37.8 Å². The number of amides is 3. The third-order valence-electron chi connectivity index (χ3n) is 5.93. The minimum Gasteiger partial charge on any atom is -0.335 e. The Bertz CT molecular complexity index is 1410. The van der Waals surface area contributed by atoms with Crippen LogP contribution >= 0.6 is 0 Å². The summed E-state index contributed by atoms with van der Waals surface area (Å²) in [6.07, 6.45) is 4.81. The van der Waals surface area contributed by atoms with Crippen molar-refractivity contribution in [2.24, 2.45) is 0 Å². The van der Waals surface area contributed by atoms with Gasteiger partial charge in [0.15, 0.2) is 0 Å². The van der Waals surface area contributed by atoms with Gasteiger partial charge in [0, 0.05) is 11.7 Å². The number of nitrogens with one attached hydrogen (secondary N) is 3. The minimum atomic E-state index is -4.07. The number of anilines is 1. The van der Waals surface area contributed by atoms with Crippen LogP contribution in [0.5, 0.6) is 0 Å². The number of sulfonamides is 1. The van der Waals surface area contributed by atoms with Crippen molar-refractivity contribution in [3.63, 3.8) is 0 Å². The van der Waals surface area contributed by atoms with Crippen molar-refractivity contribution in [2.75, 3.05) is 5.32 Å². The predicted octanol–water partition coefficient (Wildman–Crippen LogP) is 2.66. The molecule has 0 spiro atoms. The number of para-hydroxylation sites is 2. The van der Waals surface area contributed by atoms with Gasteiger partial charge >= 0.3 is 6.03 Å². The Kier molecular flexibility index (Phi) is 7.15. The number of fused-ring (bicyclic) bond motifs is 1. The molecule has 1 saturated carbocycles. The summed E-state index contributed by atoms with van der Waals surface area (Å²) in [5.74, 6) is -0.455. The number of aromatic nitrogens is 2. The highest BCUT2D eigenvalue weighted by molar-refractivity contribution is 7.90. The van der Waals surface area contributed by atoms with Gasteiger partial charge < -0.3 is 10.6 Å². The predicted molar refractivity (Wildman–Crippen MR) is 132 cm³/mol. The molecule has 1 aliphatic carbocycles. The lowest BCUT2D eigenvalue weighted by Crippen LogP contribution is -2.45. The van der Waals surface area contributed by atoms with Crippen molar-refractivity contribution in [1.82, 2.24) is 19.6 Å². The van der Waals surface area contributed by atoms with E-state index < -0.39 is 22.0 Å². The van der Waals surface area contributed by atoms with Gasteiger partial charge in [0.2, 0.25) is 5.91 Å². The van der Waals surface area contributed by atoms with E-state index in [4.69, 9.17) is 0 Å². The molecule has 0 saturated heterocycles. The minimum absolute atomic E-state index is 0.0228. The average molecular weight is 498 g/mol. The maximum atomic E-state index is 12.6. The molecule has 11 heteroatoms. The first-order chi connectivity index (χ1) is 16.7. The number of urea groups is 1. The summed E-state index contributed by atoms with van der Waals surface area (Å²) in [4.78, 5) is 41.5. The summed E-state index contributed by atoms with van der Waals surface area (Å²) in [7, 11) is -4.07. The number of benzene rings is 2. The summed E-state index contributed by atoms with van der Waals surface area (Å²) in [5.41, 5.74) is 1.41. The molecule has 0 aliphatic heterocycles. The standard InChI is InChI=1S/C24H27N5O5S/c1-16-23(31)29(21-10-6-5-9-20(21)25-16)15-22(30)26-18-11-13-19(14-12-18)35(33,34)28-24(32)27-17-7-3-2-4-8-17/h5-6,9-14,17H,2-4,7-8,15H2,1H3,(H,26,30)(H2,27,28,32). The Morgan fingerprint density at radius 2 is 1.71 bits per heavy atom. The van der Waals surface area contributed by atoms with Gasteiger partial charge in [-0.1, -0.05) is 31.4 Å². The number of carbonyl (C=O) groups is 2. The number of hydrogen-bond acceptors (Lipinski definition) is 6. The Labute approximate surface area is 202 Å². The quantitative estimate of drug-likeness (QED) is 0.478. The fourth-order valence-electron chi connectivity index (χ4n) is 4.18. The number of hydrogen-bond donors (Lipinski definition) is 3. The monoisotopic (exact) mass is 497 g/mol. The van der Waals surface area contributed by atoms with Gasteiger partial charge in [-0.3, -0.25) is 14.2 Å². The smallest absolute Gasteiger partial charge is 0.328 e. The van der Waals surface area contributed by atoms with E-state index in [1.165, 1.54) is 28.8 Å². The summed E-state index contributed by atoms with van der Waals surface area (Å²) in [6.45, 7) is 1.36. The normalized spacial score (nSPS) is 14.4. The van der Waals surface area contributed by atoms with Crippen LogP contribution in [-0.4, -0.2) is 35.9 Å². The summed E-state index contributed by atoms with van der Waals surface area (Å²) in [6, 6.07) is 11.7. The Morgan fingerprint density at radius 1 is 1.03 bits per heavy atom. The molecule has 1 aromatic heterocycles. The van der Waals surface area contributed by atoms with Gasteiger partial charge in [0.05, 0.1) is 15.9 Å². The lowest BCUT2D eigenvalue weighted by atomic mass is 9.96. The molecule has 0 radical (unpaired) electrons. The highest BCUT2D eigenvalue weighted by atomic mass is 32.2. The first kappa shape index (κ1) is 24.4. The fourth-order valence-corrected chi connectivity index (χ4v) is 5.10. The first-order valence-electron chi connectivity index (χ1n) is 11.4. The number of carbonyl (C=O) groups excluding carboxylic acids is 2. The van der Waals surface area contributed by atoms with Crippen molar-refractivity contribution >= 4 is 38.7 Å². The molecule has 1 heterocycles. The molecular weight excluding hydrogens is 470 g/mol. The highest BCUT2D eigenvalue weighted by Crippen LogP contribution is 2.18. The van der Waals surface area contributed by atoms with E-state index in [9.17, 15) is 22.8 Å². The van der Waals surface area contributed by atoms with Crippen LogP contribution in [-0.2, 0) is 21.4 Å². The molecule has 10 nitrogen and oxygen atoms in total. The summed E-state index contributed by atoms with van der Waals surface area (Å²) >= 11 is 0. The number of nitrogens with zero attached hydrogens (tertiary/aromatic N) is 2. The number of aryl methyl sites for hydroxylation is 1. The zero-order chi connectivity index (χ0) is 25.0. The van der Waals surface area contributed by atoms with Crippen LogP contribution in [0.3, 0.4) is 0 Å². The lowest BCUT2D eigenvalue weighted by molar-refractivity contribution is -0.116. The third kappa shape index (κ3) is 5.86. The second-order valence-electron chi connectivity index (χ2n) is 8.56. The van der Waals surface area contributed by atoms with Crippen LogP contribution < -0.4 is 20.9 Å². The average Bonchev–Trinajstić information content (AvgIpc) is 2.82. The van der Waals surface area contributed by atoms with Crippen LogP contribution in [0.25, 0.3) is 11.0 Å². The molecule has 0 unspecified atom stereocenters. The molecule has 3 aromatic rings. The van der Waals surface area contributed by atoms with Crippen LogP contribution in [0.4, 0.5) is 10.5 Å². The van der Waals surface area contributed by atoms with E-state index in [2.05, 4.69) is 15.6 Å².